The van der Waals surface area contributed by atoms with Gasteiger partial charge in [-0.3, -0.25) is 4.79 Å². The predicted octanol–water partition coefficient (Wildman–Crippen LogP) is 3.69. The lowest BCUT2D eigenvalue weighted by Crippen LogP contribution is -2.36. The van der Waals surface area contributed by atoms with E-state index in [4.69, 9.17) is 27.9 Å². The Labute approximate surface area is 133 Å². The van der Waals surface area contributed by atoms with Gasteiger partial charge in [-0.15, -0.1) is 0 Å². The topological polar surface area (TPSA) is 75.6 Å². The number of alkyl carbamates (subject to hydrolysis) is 1. The van der Waals surface area contributed by atoms with E-state index in [1.807, 2.05) is 0 Å². The van der Waals surface area contributed by atoms with Gasteiger partial charge < -0.3 is 15.2 Å². The molecular weight excluding hydrogens is 317 g/mol. The molecule has 0 unspecified atom stereocenters. The molecule has 0 saturated heterocycles. The van der Waals surface area contributed by atoms with E-state index in [1.54, 1.807) is 26.8 Å². The zero-order valence-corrected chi connectivity index (χ0v) is 13.5. The lowest BCUT2D eigenvalue weighted by Gasteiger charge is -2.21. The first-order valence-corrected chi connectivity index (χ1v) is 7.00. The molecule has 0 spiro atoms. The molecule has 0 radical (unpaired) electrons. The Morgan fingerprint density at radius 2 is 1.90 bits per heavy atom. The molecule has 1 aromatic rings. The minimum Gasteiger partial charge on any atom is -0.481 e. The molecule has 1 aromatic carbocycles. The van der Waals surface area contributed by atoms with Crippen LogP contribution in [0.5, 0.6) is 0 Å². The van der Waals surface area contributed by atoms with Gasteiger partial charge in [0, 0.05) is 6.54 Å². The molecule has 1 rings (SSSR count). The van der Waals surface area contributed by atoms with Crippen LogP contribution in [-0.4, -0.2) is 29.3 Å². The van der Waals surface area contributed by atoms with Gasteiger partial charge >= 0.3 is 12.1 Å². The molecule has 0 bridgehead atoms. The van der Waals surface area contributed by atoms with E-state index in [9.17, 15) is 14.7 Å². The molecular formula is C14H17Cl2NO4. The van der Waals surface area contributed by atoms with Gasteiger partial charge in [0.25, 0.3) is 0 Å². The maximum atomic E-state index is 11.6. The van der Waals surface area contributed by atoms with E-state index in [0.29, 0.717) is 10.6 Å². The molecule has 0 aliphatic rings. The van der Waals surface area contributed by atoms with Crippen molar-refractivity contribution in [1.82, 2.24) is 5.32 Å². The third-order valence-electron chi connectivity index (χ3n) is 2.49. The average Bonchev–Trinajstić information content (AvgIpc) is 2.31. The van der Waals surface area contributed by atoms with Crippen LogP contribution in [0, 0.1) is 0 Å². The molecule has 0 aliphatic heterocycles. The number of carboxylic acids is 1. The lowest BCUT2D eigenvalue weighted by molar-refractivity contribution is -0.138. The van der Waals surface area contributed by atoms with Gasteiger partial charge in [0.1, 0.15) is 5.60 Å². The van der Waals surface area contributed by atoms with Crippen molar-refractivity contribution in [2.24, 2.45) is 0 Å². The smallest absolute Gasteiger partial charge is 0.407 e. The molecule has 0 aliphatic carbocycles. The number of nitrogens with one attached hydrogen (secondary N) is 1. The van der Waals surface area contributed by atoms with Gasteiger partial charge in [0.05, 0.1) is 16.0 Å². The van der Waals surface area contributed by atoms with Crippen LogP contribution in [0.4, 0.5) is 4.79 Å². The molecule has 0 heterocycles. The number of carboxylic acid groups (broad SMARTS) is 1. The second-order valence-electron chi connectivity index (χ2n) is 5.45. The number of hydrogen-bond donors (Lipinski definition) is 2. The summed E-state index contributed by atoms with van der Waals surface area (Å²) in [6, 6.07) is 4.55. The number of ether oxygens (including phenoxy) is 1. The summed E-state index contributed by atoms with van der Waals surface area (Å²) in [4.78, 5) is 22.9. The number of hydrogen-bond acceptors (Lipinski definition) is 3. The second kappa shape index (κ2) is 7.00. The lowest BCUT2D eigenvalue weighted by atomic mass is 9.99. The van der Waals surface area contributed by atoms with E-state index in [-0.39, 0.29) is 11.6 Å². The summed E-state index contributed by atoms with van der Waals surface area (Å²) in [5.41, 5.74) is -0.195. The Morgan fingerprint density at radius 3 is 2.38 bits per heavy atom. The van der Waals surface area contributed by atoms with Crippen LogP contribution in [0.25, 0.3) is 0 Å². The van der Waals surface area contributed by atoms with E-state index in [0.717, 1.165) is 0 Å². The number of aliphatic carboxylic acids is 1. The van der Waals surface area contributed by atoms with E-state index < -0.39 is 23.6 Å². The number of carbonyl (C=O) groups excluding carboxylic acids is 1. The fourth-order valence-corrected chi connectivity index (χ4v) is 1.88. The van der Waals surface area contributed by atoms with Crippen molar-refractivity contribution in [3.63, 3.8) is 0 Å². The monoisotopic (exact) mass is 333 g/mol. The Bertz CT molecular complexity index is 540. The van der Waals surface area contributed by atoms with Crippen molar-refractivity contribution in [1.29, 1.82) is 0 Å². The molecule has 1 atom stereocenters. The highest BCUT2D eigenvalue weighted by Gasteiger charge is 2.23. The summed E-state index contributed by atoms with van der Waals surface area (Å²) in [5, 5.41) is 12.3. The summed E-state index contributed by atoms with van der Waals surface area (Å²) in [5.74, 6) is -2.02. The van der Waals surface area contributed by atoms with Gasteiger partial charge in [0.15, 0.2) is 0 Å². The van der Waals surface area contributed by atoms with Crippen LogP contribution in [0.1, 0.15) is 32.3 Å². The summed E-state index contributed by atoms with van der Waals surface area (Å²) >= 11 is 11.7. The number of amides is 1. The number of halogens is 2. The minimum absolute atomic E-state index is 0.109. The SMILES string of the molecule is CC(C)(C)OC(=O)NC[C@H](C(=O)O)c1ccc(Cl)c(Cl)c1. The summed E-state index contributed by atoms with van der Waals surface area (Å²) in [6.45, 7) is 5.06. The van der Waals surface area contributed by atoms with E-state index in [2.05, 4.69) is 5.32 Å². The minimum atomic E-state index is -1.08. The van der Waals surface area contributed by atoms with Gasteiger partial charge in [-0.25, -0.2) is 4.79 Å². The Balaban J connectivity index is 2.77. The van der Waals surface area contributed by atoms with Crippen molar-refractivity contribution in [2.75, 3.05) is 6.54 Å². The van der Waals surface area contributed by atoms with Crippen molar-refractivity contribution in [3.05, 3.63) is 33.8 Å². The van der Waals surface area contributed by atoms with Gasteiger partial charge in [-0.05, 0) is 38.5 Å². The number of carbonyl (C=O) groups is 2. The Morgan fingerprint density at radius 1 is 1.29 bits per heavy atom. The molecule has 5 nitrogen and oxygen atoms in total. The van der Waals surface area contributed by atoms with Crippen LogP contribution in [0.2, 0.25) is 10.0 Å². The normalized spacial score (nSPS) is 12.6. The molecule has 7 heteroatoms. The highest BCUT2D eigenvalue weighted by Crippen LogP contribution is 2.26. The van der Waals surface area contributed by atoms with Crippen molar-refractivity contribution >= 4 is 35.3 Å². The molecule has 2 N–H and O–H groups in total. The van der Waals surface area contributed by atoms with Crippen molar-refractivity contribution < 1.29 is 19.4 Å². The van der Waals surface area contributed by atoms with Crippen LogP contribution < -0.4 is 5.32 Å². The number of benzene rings is 1. The molecule has 21 heavy (non-hydrogen) atoms. The first kappa shape index (κ1) is 17.6. The molecule has 0 aromatic heterocycles. The molecule has 1 amide bonds. The van der Waals surface area contributed by atoms with Crippen LogP contribution in [-0.2, 0) is 9.53 Å². The first-order valence-electron chi connectivity index (χ1n) is 6.25. The maximum Gasteiger partial charge on any atom is 0.407 e. The first-order chi connectivity index (χ1) is 9.60. The van der Waals surface area contributed by atoms with E-state index in [1.165, 1.54) is 12.1 Å². The van der Waals surface area contributed by atoms with Crippen LogP contribution >= 0.6 is 23.2 Å². The van der Waals surface area contributed by atoms with Gasteiger partial charge in [-0.2, -0.15) is 0 Å². The summed E-state index contributed by atoms with van der Waals surface area (Å²) in [6.07, 6.45) is -0.672. The largest absolute Gasteiger partial charge is 0.481 e. The second-order valence-corrected chi connectivity index (χ2v) is 6.26. The molecule has 0 saturated carbocycles. The van der Waals surface area contributed by atoms with E-state index >= 15 is 0 Å². The average molecular weight is 334 g/mol. The zero-order chi connectivity index (χ0) is 16.2. The Kier molecular flexibility index (Phi) is 5.87. The van der Waals surface area contributed by atoms with Crippen LogP contribution in [0.3, 0.4) is 0 Å². The third-order valence-corrected chi connectivity index (χ3v) is 3.23. The van der Waals surface area contributed by atoms with Crippen LogP contribution in [0.15, 0.2) is 18.2 Å². The van der Waals surface area contributed by atoms with Crippen molar-refractivity contribution in [2.45, 2.75) is 32.3 Å². The quantitative estimate of drug-likeness (QED) is 0.881. The molecule has 0 fully saturated rings. The summed E-state index contributed by atoms with van der Waals surface area (Å²) in [7, 11) is 0. The fourth-order valence-electron chi connectivity index (χ4n) is 1.58. The highest BCUT2D eigenvalue weighted by atomic mass is 35.5. The van der Waals surface area contributed by atoms with Crippen molar-refractivity contribution in [3.8, 4) is 0 Å². The zero-order valence-electron chi connectivity index (χ0n) is 11.9. The highest BCUT2D eigenvalue weighted by molar-refractivity contribution is 6.42. The number of rotatable bonds is 4. The third kappa shape index (κ3) is 5.81. The maximum absolute atomic E-state index is 11.6. The van der Waals surface area contributed by atoms with Gasteiger partial charge in [-0.1, -0.05) is 29.3 Å². The molecule has 116 valence electrons. The summed E-state index contributed by atoms with van der Waals surface area (Å²) < 4.78 is 5.06. The standard InChI is InChI=1S/C14H17Cl2NO4/c1-14(2,3)21-13(20)17-7-9(12(18)19)8-4-5-10(15)11(16)6-8/h4-6,9H,7H2,1-3H3,(H,17,20)(H,18,19)/t9-/m0/s1. The predicted molar refractivity (Wildman–Crippen MR) is 81.1 cm³/mol. The fraction of sp³-hybridized carbons (Fsp3) is 0.429. The van der Waals surface area contributed by atoms with Gasteiger partial charge in [0.2, 0.25) is 0 Å². The Hall–Kier alpha value is -1.46.